The third kappa shape index (κ3) is 3.37. The lowest BCUT2D eigenvalue weighted by molar-refractivity contribution is 0.472. The highest BCUT2D eigenvalue weighted by atomic mass is 16.5. The number of hydrogen-bond acceptors (Lipinski definition) is 1. The Morgan fingerprint density at radius 1 is 0.789 bits per heavy atom. The SMILES string of the molecule is CC(C)c1cccc(Oc2ccccc2C(C)C)c1. The Hall–Kier alpha value is -1.76. The molecule has 1 nitrogen and oxygen atoms in total. The van der Waals surface area contributed by atoms with Crippen LogP contribution in [0.25, 0.3) is 0 Å². The van der Waals surface area contributed by atoms with E-state index < -0.39 is 0 Å². The first-order valence-corrected chi connectivity index (χ1v) is 6.94. The maximum Gasteiger partial charge on any atom is 0.130 e. The van der Waals surface area contributed by atoms with Gasteiger partial charge >= 0.3 is 0 Å². The maximum absolute atomic E-state index is 6.06. The lowest BCUT2D eigenvalue weighted by atomic mass is 10.0. The summed E-state index contributed by atoms with van der Waals surface area (Å²) < 4.78 is 6.06. The fourth-order valence-corrected chi connectivity index (χ4v) is 2.11. The average Bonchev–Trinajstić information content (AvgIpc) is 2.39. The van der Waals surface area contributed by atoms with Gasteiger partial charge in [-0.3, -0.25) is 0 Å². The van der Waals surface area contributed by atoms with Gasteiger partial charge in [0.25, 0.3) is 0 Å². The highest BCUT2D eigenvalue weighted by Crippen LogP contribution is 2.31. The highest BCUT2D eigenvalue weighted by Gasteiger charge is 2.08. The molecule has 2 rings (SSSR count). The molecular formula is C18H22O. The van der Waals surface area contributed by atoms with Crippen molar-refractivity contribution in [2.75, 3.05) is 0 Å². The Bertz CT molecular complexity index is 541. The predicted molar refractivity (Wildman–Crippen MR) is 81.1 cm³/mol. The van der Waals surface area contributed by atoms with E-state index in [1.54, 1.807) is 0 Å². The Kier molecular flexibility index (Phi) is 4.26. The van der Waals surface area contributed by atoms with Gasteiger partial charge in [0, 0.05) is 0 Å². The zero-order valence-electron chi connectivity index (χ0n) is 12.2. The highest BCUT2D eigenvalue weighted by molar-refractivity contribution is 5.40. The van der Waals surface area contributed by atoms with Crippen LogP contribution in [0.4, 0.5) is 0 Å². The molecular weight excluding hydrogens is 232 g/mol. The summed E-state index contributed by atoms with van der Waals surface area (Å²) in [5.41, 5.74) is 2.55. The molecule has 2 aromatic rings. The normalized spacial score (nSPS) is 11.1. The van der Waals surface area contributed by atoms with Crippen LogP contribution >= 0.6 is 0 Å². The Labute approximate surface area is 116 Å². The van der Waals surface area contributed by atoms with E-state index in [1.165, 1.54) is 11.1 Å². The van der Waals surface area contributed by atoms with Gasteiger partial charge in [-0.2, -0.15) is 0 Å². The van der Waals surface area contributed by atoms with Gasteiger partial charge in [-0.1, -0.05) is 58.0 Å². The second kappa shape index (κ2) is 5.92. The summed E-state index contributed by atoms with van der Waals surface area (Å²) in [4.78, 5) is 0. The predicted octanol–water partition coefficient (Wildman–Crippen LogP) is 5.73. The van der Waals surface area contributed by atoms with Gasteiger partial charge < -0.3 is 4.74 Å². The van der Waals surface area contributed by atoms with Gasteiger partial charge in [0.1, 0.15) is 11.5 Å². The molecule has 0 amide bonds. The number of para-hydroxylation sites is 1. The molecule has 0 aliphatic heterocycles. The van der Waals surface area contributed by atoms with Gasteiger partial charge in [0.15, 0.2) is 0 Å². The molecule has 2 aromatic carbocycles. The molecule has 0 N–H and O–H groups in total. The fraction of sp³-hybridized carbons (Fsp3) is 0.333. The van der Waals surface area contributed by atoms with Crippen LogP contribution in [0.5, 0.6) is 11.5 Å². The molecule has 0 atom stereocenters. The van der Waals surface area contributed by atoms with Crippen molar-refractivity contribution in [2.45, 2.75) is 39.5 Å². The van der Waals surface area contributed by atoms with Crippen molar-refractivity contribution in [2.24, 2.45) is 0 Å². The van der Waals surface area contributed by atoms with Crippen LogP contribution in [0.2, 0.25) is 0 Å². The molecule has 0 saturated carbocycles. The van der Waals surface area contributed by atoms with Gasteiger partial charge in [0.2, 0.25) is 0 Å². The lowest BCUT2D eigenvalue weighted by Crippen LogP contribution is -1.94. The minimum absolute atomic E-state index is 0.462. The number of benzene rings is 2. The first-order valence-electron chi connectivity index (χ1n) is 6.94. The molecule has 0 aliphatic carbocycles. The molecule has 100 valence electrons. The van der Waals surface area contributed by atoms with Crippen molar-refractivity contribution >= 4 is 0 Å². The number of ether oxygens (including phenoxy) is 1. The summed E-state index contributed by atoms with van der Waals surface area (Å²) in [6.07, 6.45) is 0. The van der Waals surface area contributed by atoms with E-state index in [-0.39, 0.29) is 0 Å². The van der Waals surface area contributed by atoms with Gasteiger partial charge in [0.05, 0.1) is 0 Å². The minimum atomic E-state index is 0.462. The van der Waals surface area contributed by atoms with Gasteiger partial charge in [-0.15, -0.1) is 0 Å². The van der Waals surface area contributed by atoms with E-state index in [0.29, 0.717) is 11.8 Å². The van der Waals surface area contributed by atoms with E-state index in [4.69, 9.17) is 4.74 Å². The van der Waals surface area contributed by atoms with Crippen molar-refractivity contribution in [1.82, 2.24) is 0 Å². The van der Waals surface area contributed by atoms with Crippen LogP contribution in [0.15, 0.2) is 48.5 Å². The van der Waals surface area contributed by atoms with Crippen molar-refractivity contribution in [3.05, 3.63) is 59.7 Å². The topological polar surface area (TPSA) is 9.23 Å². The quantitative estimate of drug-likeness (QED) is 0.677. The summed E-state index contributed by atoms with van der Waals surface area (Å²) >= 11 is 0. The summed E-state index contributed by atoms with van der Waals surface area (Å²) in [5, 5.41) is 0. The molecule has 0 saturated heterocycles. The van der Waals surface area contributed by atoms with Crippen LogP contribution in [-0.4, -0.2) is 0 Å². The molecule has 0 aromatic heterocycles. The Balaban J connectivity index is 2.29. The maximum atomic E-state index is 6.06. The third-order valence-electron chi connectivity index (χ3n) is 3.29. The molecule has 0 heterocycles. The average molecular weight is 254 g/mol. The molecule has 0 aliphatic rings. The van der Waals surface area contributed by atoms with E-state index in [1.807, 2.05) is 18.2 Å². The van der Waals surface area contributed by atoms with Gasteiger partial charge in [-0.25, -0.2) is 0 Å². The summed E-state index contributed by atoms with van der Waals surface area (Å²) in [6, 6.07) is 16.6. The van der Waals surface area contributed by atoms with E-state index in [2.05, 4.69) is 58.0 Å². The van der Waals surface area contributed by atoms with E-state index >= 15 is 0 Å². The molecule has 0 bridgehead atoms. The van der Waals surface area contributed by atoms with Crippen molar-refractivity contribution in [3.63, 3.8) is 0 Å². The lowest BCUT2D eigenvalue weighted by Gasteiger charge is -2.14. The smallest absolute Gasteiger partial charge is 0.130 e. The van der Waals surface area contributed by atoms with Crippen molar-refractivity contribution < 1.29 is 4.74 Å². The standard InChI is InChI=1S/C18H22O/c1-13(2)15-8-7-9-16(12-15)19-18-11-6-5-10-17(18)14(3)4/h5-14H,1-4H3. The molecule has 0 radical (unpaired) electrons. The molecule has 0 fully saturated rings. The summed E-state index contributed by atoms with van der Waals surface area (Å²) in [5.74, 6) is 2.85. The Morgan fingerprint density at radius 3 is 2.21 bits per heavy atom. The minimum Gasteiger partial charge on any atom is -0.457 e. The van der Waals surface area contributed by atoms with Crippen LogP contribution < -0.4 is 4.74 Å². The molecule has 1 heteroatoms. The van der Waals surface area contributed by atoms with Gasteiger partial charge in [-0.05, 0) is 41.2 Å². The molecule has 0 unspecified atom stereocenters. The van der Waals surface area contributed by atoms with E-state index in [9.17, 15) is 0 Å². The number of hydrogen-bond donors (Lipinski definition) is 0. The van der Waals surface area contributed by atoms with E-state index in [0.717, 1.165) is 11.5 Å². The van der Waals surface area contributed by atoms with Crippen LogP contribution in [0, 0.1) is 0 Å². The molecule has 0 spiro atoms. The monoisotopic (exact) mass is 254 g/mol. The summed E-state index contributed by atoms with van der Waals surface area (Å²) in [7, 11) is 0. The third-order valence-corrected chi connectivity index (χ3v) is 3.29. The molecule has 19 heavy (non-hydrogen) atoms. The first-order chi connectivity index (χ1) is 9.08. The second-order valence-corrected chi connectivity index (χ2v) is 5.52. The van der Waals surface area contributed by atoms with Crippen molar-refractivity contribution in [3.8, 4) is 11.5 Å². The zero-order valence-corrected chi connectivity index (χ0v) is 12.2. The van der Waals surface area contributed by atoms with Crippen LogP contribution in [0.1, 0.15) is 50.7 Å². The second-order valence-electron chi connectivity index (χ2n) is 5.52. The first kappa shape index (κ1) is 13.7. The Morgan fingerprint density at radius 2 is 1.53 bits per heavy atom. The fourth-order valence-electron chi connectivity index (χ4n) is 2.11. The van der Waals surface area contributed by atoms with Crippen LogP contribution in [0.3, 0.4) is 0 Å². The van der Waals surface area contributed by atoms with Crippen LogP contribution in [-0.2, 0) is 0 Å². The zero-order chi connectivity index (χ0) is 13.8. The van der Waals surface area contributed by atoms with Crippen molar-refractivity contribution in [1.29, 1.82) is 0 Å². The summed E-state index contributed by atoms with van der Waals surface area (Å²) in [6.45, 7) is 8.77. The largest absolute Gasteiger partial charge is 0.457 e. The number of rotatable bonds is 4.